The van der Waals surface area contributed by atoms with Crippen molar-refractivity contribution in [3.05, 3.63) is 71.4 Å². The second kappa shape index (κ2) is 5.83. The fourth-order valence-electron chi connectivity index (χ4n) is 2.48. The minimum absolute atomic E-state index is 0.0566. The zero-order valence-corrected chi connectivity index (χ0v) is 12.0. The molecule has 3 heteroatoms. The zero-order chi connectivity index (χ0) is 14.7. The predicted molar refractivity (Wildman–Crippen MR) is 85.5 cm³/mol. The number of carbonyl (C=O) groups is 1. The third kappa shape index (κ3) is 3.14. The number of aromatic nitrogens is 1. The van der Waals surface area contributed by atoms with Gasteiger partial charge in [0.05, 0.1) is 0 Å². The number of amides is 1. The van der Waals surface area contributed by atoms with Crippen LogP contribution in [0.1, 0.15) is 21.6 Å². The van der Waals surface area contributed by atoms with Gasteiger partial charge in [0.25, 0.3) is 5.91 Å². The molecule has 0 unspecified atom stereocenters. The van der Waals surface area contributed by atoms with Gasteiger partial charge in [-0.2, -0.15) is 0 Å². The Morgan fingerprint density at radius 2 is 1.95 bits per heavy atom. The van der Waals surface area contributed by atoms with Gasteiger partial charge in [0, 0.05) is 17.4 Å². The normalized spacial score (nSPS) is 10.7. The number of benzene rings is 2. The maximum Gasteiger partial charge on any atom is 0.267 e. The second-order valence-electron chi connectivity index (χ2n) is 5.27. The number of carbonyl (C=O) groups excluding carboxylic acids is 1. The first-order chi connectivity index (χ1) is 10.2. The second-order valence-corrected chi connectivity index (χ2v) is 5.27. The highest BCUT2D eigenvalue weighted by atomic mass is 16.1. The van der Waals surface area contributed by atoms with Gasteiger partial charge in [0.15, 0.2) is 0 Å². The summed E-state index contributed by atoms with van der Waals surface area (Å²) in [6.07, 6.45) is 0.841. The lowest BCUT2D eigenvalue weighted by molar-refractivity contribution is 0.0950. The van der Waals surface area contributed by atoms with Crippen molar-refractivity contribution in [2.24, 2.45) is 0 Å². The Kier molecular flexibility index (Phi) is 3.73. The molecule has 3 aromatic rings. The number of rotatable bonds is 4. The number of aryl methyl sites for hydroxylation is 1. The summed E-state index contributed by atoms with van der Waals surface area (Å²) in [5, 5.41) is 4.01. The Morgan fingerprint density at radius 3 is 2.76 bits per heavy atom. The quantitative estimate of drug-likeness (QED) is 0.754. The minimum atomic E-state index is -0.0566. The van der Waals surface area contributed by atoms with E-state index in [0.29, 0.717) is 12.2 Å². The van der Waals surface area contributed by atoms with Gasteiger partial charge in [-0.05, 0) is 31.0 Å². The molecule has 1 amide bonds. The summed E-state index contributed by atoms with van der Waals surface area (Å²) < 4.78 is 0. The van der Waals surface area contributed by atoms with Crippen molar-refractivity contribution in [3.8, 4) is 0 Å². The predicted octanol–water partition coefficient (Wildman–Crippen LogP) is 3.45. The van der Waals surface area contributed by atoms with Gasteiger partial charge >= 0.3 is 0 Å². The fraction of sp³-hybridized carbons (Fsp3) is 0.167. The molecule has 0 radical (unpaired) electrons. The number of nitrogens with one attached hydrogen (secondary N) is 2. The number of para-hydroxylation sites is 1. The van der Waals surface area contributed by atoms with Crippen molar-refractivity contribution in [3.63, 3.8) is 0 Å². The van der Waals surface area contributed by atoms with Gasteiger partial charge < -0.3 is 10.3 Å². The first-order valence-electron chi connectivity index (χ1n) is 7.14. The molecule has 2 aromatic carbocycles. The van der Waals surface area contributed by atoms with Crippen LogP contribution in [0.2, 0.25) is 0 Å². The van der Waals surface area contributed by atoms with Crippen LogP contribution in [0.3, 0.4) is 0 Å². The Labute approximate surface area is 124 Å². The molecule has 0 aliphatic rings. The number of hydrogen-bond acceptors (Lipinski definition) is 1. The number of fused-ring (bicyclic) bond motifs is 1. The smallest absolute Gasteiger partial charge is 0.267 e. The Balaban J connectivity index is 1.61. The standard InChI is InChI=1S/C18H18N2O/c1-13-5-4-6-14(11-13)9-10-19-18(21)17-12-15-7-2-3-8-16(15)20-17/h2-8,11-12,20H,9-10H2,1H3,(H,19,21). The maximum atomic E-state index is 12.1. The zero-order valence-electron chi connectivity index (χ0n) is 12.0. The summed E-state index contributed by atoms with van der Waals surface area (Å²) in [5.74, 6) is -0.0566. The molecule has 0 aliphatic carbocycles. The van der Waals surface area contributed by atoms with Gasteiger partial charge in [-0.3, -0.25) is 4.79 Å². The molecule has 0 bridgehead atoms. The Hall–Kier alpha value is -2.55. The number of hydrogen-bond donors (Lipinski definition) is 2. The first kappa shape index (κ1) is 13.4. The number of aromatic amines is 1. The third-order valence-corrected chi connectivity index (χ3v) is 3.56. The largest absolute Gasteiger partial charge is 0.351 e. The van der Waals surface area contributed by atoms with E-state index >= 15 is 0 Å². The SMILES string of the molecule is Cc1cccc(CCNC(=O)c2cc3ccccc3[nH]2)c1. The molecule has 3 rings (SSSR count). The fourth-order valence-corrected chi connectivity index (χ4v) is 2.48. The Morgan fingerprint density at radius 1 is 1.10 bits per heavy atom. The maximum absolute atomic E-state index is 12.1. The summed E-state index contributed by atoms with van der Waals surface area (Å²) in [4.78, 5) is 15.3. The molecule has 1 aromatic heterocycles. The van der Waals surface area contributed by atoms with Crippen LogP contribution in [0.15, 0.2) is 54.6 Å². The van der Waals surface area contributed by atoms with Crippen LogP contribution < -0.4 is 5.32 Å². The molecule has 0 saturated carbocycles. The van der Waals surface area contributed by atoms with Gasteiger partial charge in [0.2, 0.25) is 0 Å². The molecule has 0 saturated heterocycles. The number of H-pyrrole nitrogens is 1. The molecular weight excluding hydrogens is 260 g/mol. The molecule has 2 N–H and O–H groups in total. The van der Waals surface area contributed by atoms with E-state index in [1.807, 2.05) is 36.4 Å². The molecule has 0 aliphatic heterocycles. The summed E-state index contributed by atoms with van der Waals surface area (Å²) >= 11 is 0. The van der Waals surface area contributed by atoms with E-state index in [4.69, 9.17) is 0 Å². The summed E-state index contributed by atoms with van der Waals surface area (Å²) in [7, 11) is 0. The molecule has 0 atom stereocenters. The van der Waals surface area contributed by atoms with Gasteiger partial charge in [0.1, 0.15) is 5.69 Å². The van der Waals surface area contributed by atoms with E-state index < -0.39 is 0 Å². The molecule has 21 heavy (non-hydrogen) atoms. The summed E-state index contributed by atoms with van der Waals surface area (Å²) in [6.45, 7) is 2.71. The lowest BCUT2D eigenvalue weighted by Gasteiger charge is -2.04. The van der Waals surface area contributed by atoms with E-state index in [2.05, 4.69) is 35.4 Å². The summed E-state index contributed by atoms with van der Waals surface area (Å²) in [6, 6.07) is 18.1. The van der Waals surface area contributed by atoms with Crippen LogP contribution in [0, 0.1) is 6.92 Å². The van der Waals surface area contributed by atoms with E-state index in [0.717, 1.165) is 17.3 Å². The monoisotopic (exact) mass is 278 g/mol. The van der Waals surface area contributed by atoms with Gasteiger partial charge in [-0.15, -0.1) is 0 Å². The van der Waals surface area contributed by atoms with Crippen molar-refractivity contribution < 1.29 is 4.79 Å². The highest BCUT2D eigenvalue weighted by Gasteiger charge is 2.08. The van der Waals surface area contributed by atoms with E-state index in [9.17, 15) is 4.79 Å². The van der Waals surface area contributed by atoms with E-state index in [1.165, 1.54) is 11.1 Å². The van der Waals surface area contributed by atoms with E-state index in [-0.39, 0.29) is 5.91 Å². The third-order valence-electron chi connectivity index (χ3n) is 3.56. The van der Waals surface area contributed by atoms with Crippen molar-refractivity contribution >= 4 is 16.8 Å². The molecule has 0 spiro atoms. The van der Waals surface area contributed by atoms with Gasteiger partial charge in [-0.1, -0.05) is 48.0 Å². The lowest BCUT2D eigenvalue weighted by Crippen LogP contribution is -2.25. The Bertz CT molecular complexity index is 740. The van der Waals surface area contributed by atoms with Crippen LogP contribution in [0.5, 0.6) is 0 Å². The minimum Gasteiger partial charge on any atom is -0.351 e. The van der Waals surface area contributed by atoms with Crippen LogP contribution in [0.25, 0.3) is 10.9 Å². The highest BCUT2D eigenvalue weighted by Crippen LogP contribution is 2.14. The van der Waals surface area contributed by atoms with Crippen LogP contribution in [-0.2, 0) is 6.42 Å². The lowest BCUT2D eigenvalue weighted by atomic mass is 10.1. The molecule has 3 nitrogen and oxygen atoms in total. The highest BCUT2D eigenvalue weighted by molar-refractivity contribution is 5.97. The first-order valence-corrected chi connectivity index (χ1v) is 7.14. The van der Waals surface area contributed by atoms with Gasteiger partial charge in [-0.25, -0.2) is 0 Å². The molecular formula is C18H18N2O. The summed E-state index contributed by atoms with van der Waals surface area (Å²) in [5.41, 5.74) is 4.09. The van der Waals surface area contributed by atoms with Crippen LogP contribution in [0.4, 0.5) is 0 Å². The van der Waals surface area contributed by atoms with Crippen LogP contribution >= 0.6 is 0 Å². The average Bonchev–Trinajstić information content (AvgIpc) is 2.91. The molecule has 0 fully saturated rings. The van der Waals surface area contributed by atoms with E-state index in [1.54, 1.807) is 0 Å². The van der Waals surface area contributed by atoms with Crippen molar-refractivity contribution in [2.75, 3.05) is 6.54 Å². The van der Waals surface area contributed by atoms with Crippen molar-refractivity contribution in [2.45, 2.75) is 13.3 Å². The molecule has 1 heterocycles. The van der Waals surface area contributed by atoms with Crippen LogP contribution in [-0.4, -0.2) is 17.4 Å². The topological polar surface area (TPSA) is 44.9 Å². The average molecular weight is 278 g/mol. The van der Waals surface area contributed by atoms with Crippen molar-refractivity contribution in [1.29, 1.82) is 0 Å². The molecule has 106 valence electrons. The van der Waals surface area contributed by atoms with Crippen molar-refractivity contribution in [1.82, 2.24) is 10.3 Å².